The Labute approximate surface area is 137 Å². The molecule has 2 heteroatoms. The van der Waals surface area contributed by atoms with Crippen LogP contribution in [0.25, 0.3) is 0 Å². The molecule has 1 aliphatic heterocycles. The maximum absolute atomic E-state index is 3.49. The summed E-state index contributed by atoms with van der Waals surface area (Å²) in [6, 6.07) is 9.98. The lowest BCUT2D eigenvalue weighted by molar-refractivity contribution is 0.192. The van der Waals surface area contributed by atoms with E-state index in [9.17, 15) is 0 Å². The Morgan fingerprint density at radius 2 is 1.68 bits per heavy atom. The van der Waals surface area contributed by atoms with E-state index in [4.69, 9.17) is 0 Å². The van der Waals surface area contributed by atoms with Crippen molar-refractivity contribution in [3.63, 3.8) is 0 Å². The summed E-state index contributed by atoms with van der Waals surface area (Å²) in [7, 11) is 0. The van der Waals surface area contributed by atoms with E-state index in [1.165, 1.54) is 38.0 Å². The number of piperidine rings is 1. The molecule has 1 fully saturated rings. The first kappa shape index (κ1) is 17.5. The molecule has 0 saturated carbocycles. The third kappa shape index (κ3) is 5.73. The molecule has 0 unspecified atom stereocenters. The van der Waals surface area contributed by atoms with Crippen LogP contribution in [-0.4, -0.2) is 37.1 Å². The third-order valence-electron chi connectivity index (χ3n) is 4.63. The molecule has 22 heavy (non-hydrogen) atoms. The molecule has 0 bridgehead atoms. The van der Waals surface area contributed by atoms with Crippen LogP contribution < -0.4 is 5.32 Å². The summed E-state index contributed by atoms with van der Waals surface area (Å²) in [5.74, 6) is 1.56. The van der Waals surface area contributed by atoms with Crippen molar-refractivity contribution < 1.29 is 0 Å². The van der Waals surface area contributed by atoms with Crippen molar-refractivity contribution in [2.75, 3.05) is 26.2 Å². The van der Waals surface area contributed by atoms with Crippen LogP contribution in [0.4, 0.5) is 0 Å². The number of nitrogens with one attached hydrogen (secondary N) is 1. The molecule has 1 N–H and O–H groups in total. The summed E-state index contributed by atoms with van der Waals surface area (Å²) in [4.78, 5) is 2.63. The van der Waals surface area contributed by atoms with Gasteiger partial charge in [0.25, 0.3) is 0 Å². The Hall–Kier alpha value is -0.860. The molecular formula is C20H34N2. The smallest absolute Gasteiger partial charge is 0.00105 e. The maximum Gasteiger partial charge on any atom is 0.00105 e. The molecule has 0 aliphatic carbocycles. The fourth-order valence-electron chi connectivity index (χ4n) is 3.43. The second-order valence-electron chi connectivity index (χ2n) is 7.57. The lowest BCUT2D eigenvalue weighted by Crippen LogP contribution is -2.35. The lowest BCUT2D eigenvalue weighted by Gasteiger charge is -2.33. The highest BCUT2D eigenvalue weighted by Crippen LogP contribution is 2.28. The van der Waals surface area contributed by atoms with Gasteiger partial charge in [-0.2, -0.15) is 0 Å². The molecule has 0 atom stereocenters. The van der Waals surface area contributed by atoms with Gasteiger partial charge in [0.05, 0.1) is 0 Å². The van der Waals surface area contributed by atoms with E-state index in [1.54, 1.807) is 5.56 Å². The molecule has 1 aromatic rings. The van der Waals surface area contributed by atoms with Gasteiger partial charge in [0, 0.05) is 12.6 Å². The van der Waals surface area contributed by atoms with Gasteiger partial charge in [0.1, 0.15) is 0 Å². The second kappa shape index (κ2) is 8.69. The van der Waals surface area contributed by atoms with E-state index in [-0.39, 0.29) is 0 Å². The number of nitrogens with zero attached hydrogens (tertiary/aromatic N) is 1. The molecule has 0 amide bonds. The van der Waals surface area contributed by atoms with Crippen LogP contribution in [0.3, 0.4) is 0 Å². The van der Waals surface area contributed by atoms with Crippen LogP contribution in [0.15, 0.2) is 24.3 Å². The summed E-state index contributed by atoms with van der Waals surface area (Å²) in [5, 5.41) is 3.49. The fourth-order valence-corrected chi connectivity index (χ4v) is 3.43. The van der Waals surface area contributed by atoms with Crippen LogP contribution in [0.5, 0.6) is 0 Å². The Morgan fingerprint density at radius 1 is 1.05 bits per heavy atom. The van der Waals surface area contributed by atoms with Gasteiger partial charge in [-0.3, -0.25) is 0 Å². The maximum atomic E-state index is 3.49. The first-order valence-corrected chi connectivity index (χ1v) is 9.09. The van der Waals surface area contributed by atoms with E-state index in [0.29, 0.717) is 6.04 Å². The normalized spacial score (nSPS) is 17.5. The number of rotatable bonds is 7. The van der Waals surface area contributed by atoms with Gasteiger partial charge in [-0.1, -0.05) is 52.0 Å². The van der Waals surface area contributed by atoms with E-state index in [0.717, 1.165) is 24.8 Å². The highest BCUT2D eigenvalue weighted by molar-refractivity contribution is 5.26. The van der Waals surface area contributed by atoms with Gasteiger partial charge in [0.15, 0.2) is 0 Å². The van der Waals surface area contributed by atoms with Gasteiger partial charge >= 0.3 is 0 Å². The monoisotopic (exact) mass is 302 g/mol. The Kier molecular flexibility index (Phi) is 6.91. The van der Waals surface area contributed by atoms with E-state index in [1.807, 2.05) is 0 Å². The number of benzene rings is 1. The minimum absolute atomic E-state index is 0.579. The molecule has 1 saturated heterocycles. The van der Waals surface area contributed by atoms with Gasteiger partial charge < -0.3 is 10.2 Å². The van der Waals surface area contributed by atoms with Gasteiger partial charge in [-0.05, 0) is 61.9 Å². The third-order valence-corrected chi connectivity index (χ3v) is 4.63. The van der Waals surface area contributed by atoms with E-state index >= 15 is 0 Å². The highest BCUT2D eigenvalue weighted by atomic mass is 15.1. The van der Waals surface area contributed by atoms with Crippen LogP contribution in [-0.2, 0) is 6.42 Å². The fraction of sp³-hybridized carbons (Fsp3) is 0.700. The van der Waals surface area contributed by atoms with Gasteiger partial charge in [-0.15, -0.1) is 0 Å². The van der Waals surface area contributed by atoms with Gasteiger partial charge in [-0.25, -0.2) is 0 Å². The molecule has 124 valence electrons. The standard InChI is InChI=1S/C20H34N2/c1-16(2)15-22-13-10-20(11-14-22)19-7-5-18(6-8-19)9-12-21-17(3)4/h5-8,16-17,20-21H,9-15H2,1-4H3. The molecule has 0 radical (unpaired) electrons. The summed E-state index contributed by atoms with van der Waals surface area (Å²) < 4.78 is 0. The SMILES string of the molecule is CC(C)CN1CCC(c2ccc(CCNC(C)C)cc2)CC1. The minimum Gasteiger partial charge on any atom is -0.314 e. The molecule has 2 rings (SSSR count). The molecule has 2 nitrogen and oxygen atoms in total. The predicted molar refractivity (Wildman–Crippen MR) is 96.5 cm³/mol. The summed E-state index contributed by atoms with van der Waals surface area (Å²) in [6.45, 7) is 13.9. The van der Waals surface area contributed by atoms with Crippen LogP contribution in [0, 0.1) is 5.92 Å². The van der Waals surface area contributed by atoms with Crippen molar-refractivity contribution in [2.45, 2.75) is 58.9 Å². The molecule has 0 spiro atoms. The van der Waals surface area contributed by atoms with Crippen LogP contribution in [0.1, 0.15) is 57.6 Å². The van der Waals surface area contributed by atoms with E-state index in [2.05, 4.69) is 62.2 Å². The molecule has 1 aliphatic rings. The lowest BCUT2D eigenvalue weighted by atomic mass is 9.88. The molecular weight excluding hydrogens is 268 g/mol. The second-order valence-corrected chi connectivity index (χ2v) is 7.57. The minimum atomic E-state index is 0.579. The van der Waals surface area contributed by atoms with Crippen molar-refractivity contribution >= 4 is 0 Å². The molecule has 1 heterocycles. The van der Waals surface area contributed by atoms with Crippen LogP contribution in [0.2, 0.25) is 0 Å². The topological polar surface area (TPSA) is 15.3 Å². The van der Waals surface area contributed by atoms with E-state index < -0.39 is 0 Å². The Bertz CT molecular complexity index is 414. The van der Waals surface area contributed by atoms with Crippen LogP contribution >= 0.6 is 0 Å². The first-order chi connectivity index (χ1) is 10.5. The number of hydrogen-bond acceptors (Lipinski definition) is 2. The number of likely N-dealkylation sites (tertiary alicyclic amines) is 1. The largest absolute Gasteiger partial charge is 0.314 e. The Balaban J connectivity index is 1.79. The average molecular weight is 303 g/mol. The predicted octanol–water partition coefficient (Wildman–Crippen LogP) is 4.06. The Morgan fingerprint density at radius 3 is 2.23 bits per heavy atom. The van der Waals surface area contributed by atoms with Crippen molar-refractivity contribution in [1.82, 2.24) is 10.2 Å². The van der Waals surface area contributed by atoms with Crippen molar-refractivity contribution in [3.8, 4) is 0 Å². The zero-order valence-corrected chi connectivity index (χ0v) is 14.9. The zero-order chi connectivity index (χ0) is 15.9. The molecule has 0 aromatic heterocycles. The molecule has 1 aromatic carbocycles. The number of hydrogen-bond donors (Lipinski definition) is 1. The first-order valence-electron chi connectivity index (χ1n) is 9.09. The summed E-state index contributed by atoms with van der Waals surface area (Å²) >= 11 is 0. The summed E-state index contributed by atoms with van der Waals surface area (Å²) in [6.07, 6.45) is 3.77. The van der Waals surface area contributed by atoms with Crippen molar-refractivity contribution in [2.24, 2.45) is 5.92 Å². The van der Waals surface area contributed by atoms with Crippen molar-refractivity contribution in [3.05, 3.63) is 35.4 Å². The quantitative estimate of drug-likeness (QED) is 0.817. The average Bonchev–Trinajstić information content (AvgIpc) is 2.48. The van der Waals surface area contributed by atoms with Crippen molar-refractivity contribution in [1.29, 1.82) is 0 Å². The highest BCUT2D eigenvalue weighted by Gasteiger charge is 2.20. The zero-order valence-electron chi connectivity index (χ0n) is 14.9. The van der Waals surface area contributed by atoms with Gasteiger partial charge in [0.2, 0.25) is 0 Å². The summed E-state index contributed by atoms with van der Waals surface area (Å²) in [5.41, 5.74) is 3.00.